The first-order valence-corrected chi connectivity index (χ1v) is 4.54. The minimum absolute atomic E-state index is 0.104. The van der Waals surface area contributed by atoms with Gasteiger partial charge in [-0.2, -0.15) is 0 Å². The summed E-state index contributed by atoms with van der Waals surface area (Å²) in [5, 5.41) is 20.3. The van der Waals surface area contributed by atoms with Gasteiger partial charge in [0.05, 0.1) is 17.3 Å². The number of phenolic OH excluding ortho intramolecular Hbond substituents is 1. The second-order valence-electron chi connectivity index (χ2n) is 3.31. The molecule has 1 amide bonds. The van der Waals surface area contributed by atoms with Gasteiger partial charge in [-0.15, -0.1) is 0 Å². The number of phenols is 1. The molecule has 0 unspecified atom stereocenters. The van der Waals surface area contributed by atoms with Crippen LogP contribution in [-0.4, -0.2) is 28.1 Å². The van der Waals surface area contributed by atoms with E-state index in [4.69, 9.17) is 15.9 Å². The second-order valence-corrected chi connectivity index (χ2v) is 3.31. The maximum Gasteiger partial charge on any atom is 0.337 e. The predicted molar refractivity (Wildman–Crippen MR) is 57.3 cm³/mol. The Labute approximate surface area is 91.7 Å². The van der Waals surface area contributed by atoms with Gasteiger partial charge in [-0.1, -0.05) is 0 Å². The Morgan fingerprint density at radius 3 is 2.56 bits per heavy atom. The van der Waals surface area contributed by atoms with Crippen molar-refractivity contribution in [1.29, 1.82) is 0 Å². The van der Waals surface area contributed by atoms with Crippen molar-refractivity contribution in [2.75, 3.05) is 5.32 Å². The number of hydrogen-bond donors (Lipinski definition) is 4. The van der Waals surface area contributed by atoms with Crippen LogP contribution in [0.25, 0.3) is 0 Å². The van der Waals surface area contributed by atoms with E-state index in [0.717, 1.165) is 6.07 Å². The molecule has 6 nitrogen and oxygen atoms in total. The van der Waals surface area contributed by atoms with E-state index in [2.05, 4.69) is 5.32 Å². The summed E-state index contributed by atoms with van der Waals surface area (Å²) in [4.78, 5) is 22.1. The highest BCUT2D eigenvalue weighted by Gasteiger charge is 2.14. The monoisotopic (exact) mass is 224 g/mol. The summed E-state index contributed by atoms with van der Waals surface area (Å²) in [5.74, 6) is -1.92. The highest BCUT2D eigenvalue weighted by atomic mass is 16.4. The summed E-state index contributed by atoms with van der Waals surface area (Å²) in [5.41, 5.74) is 5.25. The van der Waals surface area contributed by atoms with Crippen molar-refractivity contribution in [2.24, 2.45) is 5.73 Å². The number of benzene rings is 1. The lowest BCUT2D eigenvalue weighted by Gasteiger charge is -2.10. The molecule has 0 saturated heterocycles. The van der Waals surface area contributed by atoms with Crippen molar-refractivity contribution >= 4 is 17.6 Å². The summed E-state index contributed by atoms with van der Waals surface area (Å²) in [6, 6.07) is 2.90. The van der Waals surface area contributed by atoms with Crippen molar-refractivity contribution in [1.82, 2.24) is 0 Å². The molecule has 5 N–H and O–H groups in total. The van der Waals surface area contributed by atoms with Crippen LogP contribution in [0.1, 0.15) is 17.3 Å². The minimum atomic E-state index is -1.24. The Morgan fingerprint density at radius 1 is 1.44 bits per heavy atom. The molecule has 1 aromatic carbocycles. The molecule has 0 aliphatic heterocycles. The Morgan fingerprint density at radius 2 is 2.06 bits per heavy atom. The molecule has 0 fully saturated rings. The molecule has 1 atom stereocenters. The maximum atomic E-state index is 11.3. The van der Waals surface area contributed by atoms with E-state index in [1.165, 1.54) is 19.1 Å². The molecule has 0 spiro atoms. The molecule has 16 heavy (non-hydrogen) atoms. The molecule has 0 heterocycles. The number of aromatic carboxylic acids is 1. The Balaban J connectivity index is 3.04. The first kappa shape index (κ1) is 12.0. The number of carbonyl (C=O) groups excluding carboxylic acids is 1. The predicted octanol–water partition coefficient (Wildman–Crippen LogP) is 0.376. The number of hydrogen-bond acceptors (Lipinski definition) is 4. The van der Waals surface area contributed by atoms with Crippen molar-refractivity contribution in [3.63, 3.8) is 0 Å². The Kier molecular flexibility index (Phi) is 3.47. The van der Waals surface area contributed by atoms with E-state index < -0.39 is 17.9 Å². The van der Waals surface area contributed by atoms with Crippen LogP contribution in [0.4, 0.5) is 5.69 Å². The Bertz CT molecular complexity index is 429. The zero-order chi connectivity index (χ0) is 12.3. The van der Waals surface area contributed by atoms with E-state index in [9.17, 15) is 9.59 Å². The van der Waals surface area contributed by atoms with Gasteiger partial charge in [0.2, 0.25) is 5.91 Å². The zero-order valence-electron chi connectivity index (χ0n) is 8.60. The largest absolute Gasteiger partial charge is 0.508 e. The smallest absolute Gasteiger partial charge is 0.337 e. The molecule has 0 aliphatic rings. The quantitative estimate of drug-likeness (QED) is 0.554. The summed E-state index contributed by atoms with van der Waals surface area (Å²) in [6.45, 7) is 1.48. The highest BCUT2D eigenvalue weighted by Crippen LogP contribution is 2.21. The average Bonchev–Trinajstić information content (AvgIpc) is 2.20. The van der Waals surface area contributed by atoms with E-state index in [0.29, 0.717) is 0 Å². The number of rotatable bonds is 3. The molecular weight excluding hydrogens is 212 g/mol. The van der Waals surface area contributed by atoms with Crippen LogP contribution < -0.4 is 11.1 Å². The van der Waals surface area contributed by atoms with E-state index in [-0.39, 0.29) is 17.0 Å². The van der Waals surface area contributed by atoms with Gasteiger partial charge in [-0.3, -0.25) is 4.79 Å². The van der Waals surface area contributed by atoms with Crippen molar-refractivity contribution in [2.45, 2.75) is 13.0 Å². The normalized spacial score (nSPS) is 11.9. The van der Waals surface area contributed by atoms with Gasteiger partial charge in [0.15, 0.2) is 0 Å². The number of nitrogens with one attached hydrogen (secondary N) is 1. The molecule has 0 radical (unpaired) electrons. The van der Waals surface area contributed by atoms with E-state index in [1.54, 1.807) is 0 Å². The highest BCUT2D eigenvalue weighted by molar-refractivity contribution is 6.02. The SMILES string of the molecule is C[C@@H](N)C(=O)Nc1ccc(O)cc1C(=O)O. The van der Waals surface area contributed by atoms with Crippen LogP contribution in [0.15, 0.2) is 18.2 Å². The van der Waals surface area contributed by atoms with Gasteiger partial charge in [-0.05, 0) is 25.1 Å². The van der Waals surface area contributed by atoms with Crippen molar-refractivity contribution < 1.29 is 19.8 Å². The molecular formula is C10H12N2O4. The number of amides is 1. The van der Waals surface area contributed by atoms with Gasteiger partial charge >= 0.3 is 5.97 Å². The molecule has 0 aromatic heterocycles. The van der Waals surface area contributed by atoms with Gasteiger partial charge < -0.3 is 21.3 Å². The lowest BCUT2D eigenvalue weighted by atomic mass is 10.1. The van der Waals surface area contributed by atoms with Gasteiger partial charge in [0, 0.05) is 0 Å². The number of carboxylic acids is 1. The number of nitrogens with two attached hydrogens (primary N) is 1. The second kappa shape index (κ2) is 4.63. The number of aromatic hydroxyl groups is 1. The van der Waals surface area contributed by atoms with Crippen molar-refractivity contribution in [3.05, 3.63) is 23.8 Å². The van der Waals surface area contributed by atoms with Crippen LogP contribution in [0, 0.1) is 0 Å². The Hall–Kier alpha value is -2.08. The van der Waals surface area contributed by atoms with Crippen molar-refractivity contribution in [3.8, 4) is 5.75 Å². The van der Waals surface area contributed by atoms with Crippen LogP contribution in [0.2, 0.25) is 0 Å². The fourth-order valence-electron chi connectivity index (χ4n) is 1.06. The number of carbonyl (C=O) groups is 2. The summed E-state index contributed by atoms with van der Waals surface area (Å²) >= 11 is 0. The fourth-order valence-corrected chi connectivity index (χ4v) is 1.06. The standard InChI is InChI=1S/C10H12N2O4/c1-5(11)9(14)12-8-3-2-6(13)4-7(8)10(15)16/h2-5,13H,11H2,1H3,(H,12,14)(H,15,16)/t5-/m1/s1. The first-order valence-electron chi connectivity index (χ1n) is 4.54. The lowest BCUT2D eigenvalue weighted by molar-refractivity contribution is -0.117. The van der Waals surface area contributed by atoms with Gasteiger partial charge in [-0.25, -0.2) is 4.79 Å². The average molecular weight is 224 g/mol. The molecule has 86 valence electrons. The molecule has 0 saturated carbocycles. The van der Waals surface area contributed by atoms with Crippen LogP contribution in [0.5, 0.6) is 5.75 Å². The van der Waals surface area contributed by atoms with Crippen LogP contribution >= 0.6 is 0 Å². The summed E-state index contributed by atoms with van der Waals surface area (Å²) in [6.07, 6.45) is 0. The third-order valence-electron chi connectivity index (χ3n) is 1.90. The maximum absolute atomic E-state index is 11.3. The van der Waals surface area contributed by atoms with Crippen LogP contribution in [0.3, 0.4) is 0 Å². The molecule has 6 heteroatoms. The lowest BCUT2D eigenvalue weighted by Crippen LogP contribution is -2.32. The molecule has 1 aromatic rings. The molecule has 0 aliphatic carbocycles. The third kappa shape index (κ3) is 2.71. The topological polar surface area (TPSA) is 113 Å². The van der Waals surface area contributed by atoms with E-state index in [1.807, 2.05) is 0 Å². The van der Waals surface area contributed by atoms with Crippen LogP contribution in [-0.2, 0) is 4.79 Å². The van der Waals surface area contributed by atoms with Gasteiger partial charge in [0.1, 0.15) is 5.75 Å². The fraction of sp³-hybridized carbons (Fsp3) is 0.200. The zero-order valence-corrected chi connectivity index (χ0v) is 8.60. The minimum Gasteiger partial charge on any atom is -0.508 e. The first-order chi connectivity index (χ1) is 7.41. The molecule has 0 bridgehead atoms. The summed E-state index contributed by atoms with van der Waals surface area (Å²) < 4.78 is 0. The number of carboxylic acid groups (broad SMARTS) is 1. The molecule has 1 rings (SSSR count). The van der Waals surface area contributed by atoms with E-state index >= 15 is 0 Å². The third-order valence-corrected chi connectivity index (χ3v) is 1.90. The number of anilines is 1. The van der Waals surface area contributed by atoms with Gasteiger partial charge in [0.25, 0.3) is 0 Å². The summed E-state index contributed by atoms with van der Waals surface area (Å²) in [7, 11) is 0.